The molecule has 15 heavy (non-hydrogen) atoms. The molecule has 2 rings (SSSR count). The average molecular weight is 219 g/mol. The minimum absolute atomic E-state index is 0.304. The highest BCUT2D eigenvalue weighted by atomic mass is 32.1. The summed E-state index contributed by atoms with van der Waals surface area (Å²) in [7, 11) is 0. The fourth-order valence-corrected chi connectivity index (χ4v) is 1.98. The third-order valence-corrected chi connectivity index (χ3v) is 3.14. The highest BCUT2D eigenvalue weighted by Crippen LogP contribution is 2.15. The van der Waals surface area contributed by atoms with Crippen molar-refractivity contribution in [1.29, 1.82) is 0 Å². The van der Waals surface area contributed by atoms with Crippen LogP contribution in [0.5, 0.6) is 0 Å². The van der Waals surface area contributed by atoms with Crippen LogP contribution in [0.3, 0.4) is 0 Å². The number of aromatic nitrogens is 2. The van der Waals surface area contributed by atoms with Gasteiger partial charge in [-0.05, 0) is 24.6 Å². The van der Waals surface area contributed by atoms with Crippen molar-refractivity contribution in [3.8, 4) is 0 Å². The van der Waals surface area contributed by atoms with Crippen molar-refractivity contribution in [2.24, 2.45) is 0 Å². The van der Waals surface area contributed by atoms with Crippen LogP contribution in [0.2, 0.25) is 0 Å². The zero-order valence-corrected chi connectivity index (χ0v) is 9.37. The quantitative estimate of drug-likeness (QED) is 0.858. The number of rotatable bonds is 4. The first kappa shape index (κ1) is 10.3. The van der Waals surface area contributed by atoms with Gasteiger partial charge >= 0.3 is 0 Å². The Morgan fingerprint density at radius 2 is 2.13 bits per heavy atom. The molecule has 0 saturated heterocycles. The normalized spacial score (nSPS) is 12.6. The Kier molecular flexibility index (Phi) is 3.42. The van der Waals surface area contributed by atoms with Crippen molar-refractivity contribution < 1.29 is 0 Å². The molecule has 0 fully saturated rings. The van der Waals surface area contributed by atoms with Crippen LogP contribution in [0.4, 0.5) is 0 Å². The van der Waals surface area contributed by atoms with Gasteiger partial charge in [0.25, 0.3) is 0 Å². The van der Waals surface area contributed by atoms with E-state index in [1.807, 2.05) is 36.1 Å². The Labute approximate surface area is 93.2 Å². The molecule has 0 amide bonds. The molecular weight excluding hydrogens is 206 g/mol. The van der Waals surface area contributed by atoms with E-state index in [0.29, 0.717) is 6.04 Å². The van der Waals surface area contributed by atoms with Gasteiger partial charge in [0.1, 0.15) is 5.01 Å². The van der Waals surface area contributed by atoms with E-state index >= 15 is 0 Å². The molecular formula is C11H13N3S. The van der Waals surface area contributed by atoms with Crippen molar-refractivity contribution in [1.82, 2.24) is 15.3 Å². The number of pyridine rings is 1. The third-order valence-electron chi connectivity index (χ3n) is 2.18. The van der Waals surface area contributed by atoms with E-state index in [1.54, 1.807) is 11.3 Å². The van der Waals surface area contributed by atoms with E-state index in [2.05, 4.69) is 22.2 Å². The Hall–Kier alpha value is -1.26. The van der Waals surface area contributed by atoms with Crippen LogP contribution >= 0.6 is 11.3 Å². The van der Waals surface area contributed by atoms with E-state index in [0.717, 1.165) is 11.6 Å². The summed E-state index contributed by atoms with van der Waals surface area (Å²) in [6.45, 7) is 2.98. The number of nitrogens with zero attached hydrogens (tertiary/aromatic N) is 2. The predicted octanol–water partition coefficient (Wildman–Crippen LogP) is 2.39. The lowest BCUT2D eigenvalue weighted by Crippen LogP contribution is -2.17. The molecule has 0 aliphatic rings. The second kappa shape index (κ2) is 5.00. The summed E-state index contributed by atoms with van der Waals surface area (Å²) >= 11 is 1.68. The number of hydrogen-bond acceptors (Lipinski definition) is 4. The molecule has 1 atom stereocenters. The molecule has 2 aromatic heterocycles. The molecule has 2 heterocycles. The fourth-order valence-electron chi connectivity index (χ4n) is 1.31. The maximum atomic E-state index is 4.27. The van der Waals surface area contributed by atoms with Gasteiger partial charge in [0, 0.05) is 30.5 Å². The standard InChI is InChI=1S/C11H13N3S/c1-9(11-13-6-7-15-11)14-8-10-2-4-12-5-3-10/h2-7,9,14H,8H2,1H3/t9-/m1/s1. The summed E-state index contributed by atoms with van der Waals surface area (Å²) < 4.78 is 0. The Bertz CT molecular complexity index is 385. The van der Waals surface area contributed by atoms with E-state index in [1.165, 1.54) is 5.56 Å². The van der Waals surface area contributed by atoms with Gasteiger partial charge in [-0.1, -0.05) is 0 Å². The number of nitrogens with one attached hydrogen (secondary N) is 1. The highest BCUT2D eigenvalue weighted by Gasteiger charge is 2.06. The number of thiazole rings is 1. The molecule has 0 radical (unpaired) electrons. The van der Waals surface area contributed by atoms with E-state index < -0.39 is 0 Å². The average Bonchev–Trinajstić information content (AvgIpc) is 2.81. The first-order valence-electron chi connectivity index (χ1n) is 4.88. The zero-order valence-electron chi connectivity index (χ0n) is 8.55. The summed E-state index contributed by atoms with van der Waals surface area (Å²) in [4.78, 5) is 8.26. The van der Waals surface area contributed by atoms with Crippen LogP contribution in [0.25, 0.3) is 0 Å². The van der Waals surface area contributed by atoms with Crippen molar-refractivity contribution in [2.75, 3.05) is 0 Å². The summed E-state index contributed by atoms with van der Waals surface area (Å²) in [5.41, 5.74) is 1.24. The van der Waals surface area contributed by atoms with Crippen LogP contribution in [-0.4, -0.2) is 9.97 Å². The Balaban J connectivity index is 1.89. The van der Waals surface area contributed by atoms with Crippen LogP contribution < -0.4 is 5.32 Å². The van der Waals surface area contributed by atoms with Gasteiger partial charge < -0.3 is 5.32 Å². The lowest BCUT2D eigenvalue weighted by Gasteiger charge is -2.10. The van der Waals surface area contributed by atoms with Crippen LogP contribution in [0.15, 0.2) is 36.1 Å². The molecule has 2 aromatic rings. The van der Waals surface area contributed by atoms with Gasteiger partial charge in [0.05, 0.1) is 6.04 Å². The highest BCUT2D eigenvalue weighted by molar-refractivity contribution is 7.09. The van der Waals surface area contributed by atoms with Gasteiger partial charge in [0.15, 0.2) is 0 Å². The lowest BCUT2D eigenvalue weighted by molar-refractivity contribution is 0.571. The lowest BCUT2D eigenvalue weighted by atomic mass is 10.2. The molecule has 0 aliphatic heterocycles. The van der Waals surface area contributed by atoms with Crippen molar-refractivity contribution in [3.05, 3.63) is 46.7 Å². The SMILES string of the molecule is C[C@@H](NCc1ccncc1)c1nccs1. The summed E-state index contributed by atoms with van der Waals surface area (Å²) in [6.07, 6.45) is 5.46. The predicted molar refractivity (Wildman–Crippen MR) is 61.6 cm³/mol. The minimum Gasteiger partial charge on any atom is -0.304 e. The Morgan fingerprint density at radius 3 is 2.80 bits per heavy atom. The van der Waals surface area contributed by atoms with Gasteiger partial charge in [-0.15, -0.1) is 11.3 Å². The molecule has 78 valence electrons. The topological polar surface area (TPSA) is 37.8 Å². The monoisotopic (exact) mass is 219 g/mol. The van der Waals surface area contributed by atoms with Crippen molar-refractivity contribution in [3.63, 3.8) is 0 Å². The van der Waals surface area contributed by atoms with E-state index in [-0.39, 0.29) is 0 Å². The first-order valence-corrected chi connectivity index (χ1v) is 5.76. The van der Waals surface area contributed by atoms with Crippen LogP contribution in [0, 0.1) is 0 Å². The fraction of sp³-hybridized carbons (Fsp3) is 0.273. The van der Waals surface area contributed by atoms with Gasteiger partial charge in [-0.3, -0.25) is 4.98 Å². The van der Waals surface area contributed by atoms with Gasteiger partial charge in [0.2, 0.25) is 0 Å². The molecule has 0 aliphatic carbocycles. The second-order valence-electron chi connectivity index (χ2n) is 3.33. The van der Waals surface area contributed by atoms with Crippen LogP contribution in [0.1, 0.15) is 23.5 Å². The molecule has 0 aromatic carbocycles. The van der Waals surface area contributed by atoms with Crippen LogP contribution in [-0.2, 0) is 6.54 Å². The van der Waals surface area contributed by atoms with E-state index in [9.17, 15) is 0 Å². The van der Waals surface area contributed by atoms with Gasteiger partial charge in [-0.2, -0.15) is 0 Å². The maximum absolute atomic E-state index is 4.27. The van der Waals surface area contributed by atoms with Crippen molar-refractivity contribution in [2.45, 2.75) is 19.5 Å². The Morgan fingerprint density at radius 1 is 1.33 bits per heavy atom. The third kappa shape index (κ3) is 2.84. The largest absolute Gasteiger partial charge is 0.304 e. The maximum Gasteiger partial charge on any atom is 0.109 e. The molecule has 0 unspecified atom stereocenters. The molecule has 3 nitrogen and oxygen atoms in total. The second-order valence-corrected chi connectivity index (χ2v) is 4.25. The molecule has 0 spiro atoms. The molecule has 0 saturated carbocycles. The summed E-state index contributed by atoms with van der Waals surface area (Å²) in [5, 5.41) is 6.55. The summed E-state index contributed by atoms with van der Waals surface area (Å²) in [6, 6.07) is 4.33. The summed E-state index contributed by atoms with van der Waals surface area (Å²) in [5.74, 6) is 0. The number of hydrogen-bond donors (Lipinski definition) is 1. The first-order chi connectivity index (χ1) is 7.36. The molecule has 1 N–H and O–H groups in total. The smallest absolute Gasteiger partial charge is 0.109 e. The van der Waals surface area contributed by atoms with E-state index in [4.69, 9.17) is 0 Å². The minimum atomic E-state index is 0.304. The van der Waals surface area contributed by atoms with Gasteiger partial charge in [-0.25, -0.2) is 4.98 Å². The molecule has 0 bridgehead atoms. The zero-order chi connectivity index (χ0) is 10.5. The molecule has 4 heteroatoms. The van der Waals surface area contributed by atoms with Crippen molar-refractivity contribution >= 4 is 11.3 Å².